The number of aliphatic hydroxyl groups is 3. The van der Waals surface area contributed by atoms with Crippen molar-refractivity contribution in [3.05, 3.63) is 0 Å². The summed E-state index contributed by atoms with van der Waals surface area (Å²) in [6.45, 7) is 1.30. The Labute approximate surface area is 69.9 Å². The first kappa shape index (κ1) is 11.8. The molecule has 0 spiro atoms. The van der Waals surface area contributed by atoms with Crippen LogP contribution in [0.2, 0.25) is 0 Å². The first-order valence-corrected chi connectivity index (χ1v) is 4.60. The van der Waals surface area contributed by atoms with Gasteiger partial charge in [-0.3, -0.25) is 0 Å². The molecule has 0 saturated carbocycles. The minimum atomic E-state index is -3.86. The van der Waals surface area contributed by atoms with Gasteiger partial charge in [0.2, 0.25) is 0 Å². The quantitative estimate of drug-likeness (QED) is 0.349. The molecular formula is C4H11NO6S. The van der Waals surface area contributed by atoms with Crippen molar-refractivity contribution in [1.82, 2.24) is 5.06 Å². The third-order valence-electron chi connectivity index (χ3n) is 1.00. The largest absolute Gasteiger partial charge is 0.369 e. The highest BCUT2D eigenvalue weighted by molar-refractivity contribution is 7.86. The van der Waals surface area contributed by atoms with Crippen molar-refractivity contribution in [3.8, 4) is 0 Å². The fourth-order valence-electron chi connectivity index (χ4n) is 0.273. The lowest BCUT2D eigenvalue weighted by atomic mass is 10.9. The maximum Gasteiger partial charge on any atom is 0.369 e. The molecule has 0 heterocycles. The van der Waals surface area contributed by atoms with Crippen LogP contribution < -0.4 is 0 Å². The van der Waals surface area contributed by atoms with Gasteiger partial charge in [-0.1, -0.05) is 5.06 Å². The van der Waals surface area contributed by atoms with Gasteiger partial charge < -0.3 is 15.3 Å². The second-order valence-corrected chi connectivity index (χ2v) is 3.86. The first-order chi connectivity index (χ1) is 5.19. The summed E-state index contributed by atoms with van der Waals surface area (Å²) in [5.41, 5.74) is 0. The highest BCUT2D eigenvalue weighted by Gasteiger charge is 2.30. The van der Waals surface area contributed by atoms with E-state index in [0.29, 0.717) is 0 Å². The van der Waals surface area contributed by atoms with Crippen LogP contribution in [-0.2, 0) is 14.4 Å². The zero-order valence-electron chi connectivity index (χ0n) is 6.63. The Morgan fingerprint density at radius 3 is 2.08 bits per heavy atom. The van der Waals surface area contributed by atoms with E-state index in [9.17, 15) is 8.42 Å². The molecule has 8 heteroatoms. The highest BCUT2D eigenvalue weighted by Crippen LogP contribution is 2.05. The zero-order chi connectivity index (χ0) is 9.99. The Hall–Kier alpha value is -0.250. The van der Waals surface area contributed by atoms with E-state index in [1.165, 1.54) is 6.92 Å². The average Bonchev–Trinajstić information content (AvgIpc) is 1.85. The van der Waals surface area contributed by atoms with Crippen LogP contribution in [0, 0.1) is 0 Å². The molecule has 0 unspecified atom stereocenters. The van der Waals surface area contributed by atoms with E-state index in [1.807, 2.05) is 0 Å². The summed E-state index contributed by atoms with van der Waals surface area (Å²) in [4.78, 5) is 0. The summed E-state index contributed by atoms with van der Waals surface area (Å²) in [7, 11) is -3.00. The molecule has 0 aliphatic carbocycles. The topological polar surface area (TPSA) is 107 Å². The predicted molar refractivity (Wildman–Crippen MR) is 37.7 cm³/mol. The lowest BCUT2D eigenvalue weighted by molar-refractivity contribution is -0.441. The molecule has 0 rings (SSSR count). The predicted octanol–water partition coefficient (Wildman–Crippen LogP) is -2.21. The van der Waals surface area contributed by atoms with E-state index in [2.05, 4.69) is 4.28 Å². The van der Waals surface area contributed by atoms with Gasteiger partial charge in [-0.2, -0.15) is 12.7 Å². The van der Waals surface area contributed by atoms with Crippen molar-refractivity contribution in [3.63, 3.8) is 0 Å². The molecule has 12 heavy (non-hydrogen) atoms. The third kappa shape index (κ3) is 3.95. The highest BCUT2D eigenvalue weighted by atomic mass is 32.2. The smallest absolute Gasteiger partial charge is 0.328 e. The molecule has 0 radical (unpaired) electrons. The summed E-state index contributed by atoms with van der Waals surface area (Å²) >= 11 is 0. The van der Waals surface area contributed by atoms with Crippen LogP contribution in [0.15, 0.2) is 0 Å². The van der Waals surface area contributed by atoms with Gasteiger partial charge in [0.15, 0.2) is 0 Å². The molecule has 0 amide bonds. The molecule has 0 aromatic rings. The van der Waals surface area contributed by atoms with E-state index in [1.54, 1.807) is 0 Å². The molecule has 0 bridgehead atoms. The lowest BCUT2D eigenvalue weighted by Crippen LogP contribution is -2.47. The van der Waals surface area contributed by atoms with Gasteiger partial charge in [0.25, 0.3) is 10.1 Å². The summed E-state index contributed by atoms with van der Waals surface area (Å²) in [6.07, 6.45) is -3.30. The molecule has 0 atom stereocenters. The molecule has 74 valence electrons. The molecule has 0 aromatic heterocycles. The standard InChI is InChI=1S/C4H11NO6S/c1-3-12(9,10)11-5(2)4(6,7)8/h6-8H,3H2,1-2H3. The molecule has 0 aromatic carbocycles. The second kappa shape index (κ2) is 3.64. The number of nitrogens with zero attached hydrogens (tertiary/aromatic N) is 1. The second-order valence-electron chi connectivity index (χ2n) is 2.02. The van der Waals surface area contributed by atoms with Crippen molar-refractivity contribution in [2.24, 2.45) is 0 Å². The molecule has 7 nitrogen and oxygen atoms in total. The molecule has 0 aliphatic heterocycles. The molecule has 0 saturated heterocycles. The normalized spacial score (nSPS) is 13.8. The van der Waals surface area contributed by atoms with Gasteiger partial charge in [0.05, 0.1) is 5.75 Å². The molecule has 0 aliphatic rings. The number of hydrogen-bond acceptors (Lipinski definition) is 7. The average molecular weight is 201 g/mol. The molecule has 0 fully saturated rings. The van der Waals surface area contributed by atoms with Crippen molar-refractivity contribution < 1.29 is 28.0 Å². The van der Waals surface area contributed by atoms with E-state index < -0.39 is 16.2 Å². The van der Waals surface area contributed by atoms with Crippen molar-refractivity contribution >= 4 is 10.1 Å². The number of hydroxylamine groups is 2. The van der Waals surface area contributed by atoms with E-state index in [4.69, 9.17) is 15.3 Å². The Kier molecular flexibility index (Phi) is 3.57. The zero-order valence-corrected chi connectivity index (χ0v) is 7.45. The van der Waals surface area contributed by atoms with Crippen molar-refractivity contribution in [1.29, 1.82) is 0 Å². The van der Waals surface area contributed by atoms with E-state index in [0.717, 1.165) is 7.05 Å². The summed E-state index contributed by atoms with van der Waals surface area (Å²) < 4.78 is 25.3. The van der Waals surface area contributed by atoms with E-state index in [-0.39, 0.29) is 10.8 Å². The number of hydrogen-bond donors (Lipinski definition) is 3. The Morgan fingerprint density at radius 2 is 1.83 bits per heavy atom. The lowest BCUT2D eigenvalue weighted by Gasteiger charge is -2.23. The van der Waals surface area contributed by atoms with Gasteiger partial charge in [0, 0.05) is 7.05 Å². The van der Waals surface area contributed by atoms with Crippen LogP contribution in [-0.4, -0.2) is 47.7 Å². The van der Waals surface area contributed by atoms with Crippen LogP contribution in [0.25, 0.3) is 0 Å². The Morgan fingerprint density at radius 1 is 1.42 bits per heavy atom. The number of rotatable bonds is 4. The fraction of sp³-hybridized carbons (Fsp3) is 1.00. The fourth-order valence-corrected chi connectivity index (χ4v) is 0.819. The SMILES string of the molecule is CCS(=O)(=O)ON(C)C(O)(O)O. The molecular weight excluding hydrogens is 190 g/mol. The van der Waals surface area contributed by atoms with E-state index >= 15 is 0 Å². The maximum atomic E-state index is 10.7. The Balaban J connectivity index is 4.30. The van der Waals surface area contributed by atoms with Crippen LogP contribution in [0.1, 0.15) is 6.92 Å². The molecule has 3 N–H and O–H groups in total. The summed E-state index contributed by atoms with van der Waals surface area (Å²) in [5.74, 6) is -0.340. The van der Waals surface area contributed by atoms with Gasteiger partial charge >= 0.3 is 6.10 Å². The summed E-state index contributed by atoms with van der Waals surface area (Å²) in [5, 5.41) is 25.2. The minimum absolute atomic E-state index is 0.00579. The monoisotopic (exact) mass is 201 g/mol. The van der Waals surface area contributed by atoms with Crippen LogP contribution >= 0.6 is 0 Å². The maximum absolute atomic E-state index is 10.7. The summed E-state index contributed by atoms with van der Waals surface area (Å²) in [6, 6.07) is 0. The van der Waals surface area contributed by atoms with Gasteiger partial charge in [-0.15, -0.1) is 0 Å². The third-order valence-corrected chi connectivity index (χ3v) is 2.16. The Bertz CT molecular complexity index is 228. The van der Waals surface area contributed by atoms with Crippen LogP contribution in [0.5, 0.6) is 0 Å². The van der Waals surface area contributed by atoms with Gasteiger partial charge in [-0.05, 0) is 6.92 Å². The van der Waals surface area contributed by atoms with Crippen molar-refractivity contribution in [2.75, 3.05) is 12.8 Å². The van der Waals surface area contributed by atoms with Crippen LogP contribution in [0.4, 0.5) is 0 Å². The van der Waals surface area contributed by atoms with Gasteiger partial charge in [-0.25, -0.2) is 0 Å². The minimum Gasteiger partial charge on any atom is -0.328 e. The first-order valence-electron chi connectivity index (χ1n) is 3.02. The van der Waals surface area contributed by atoms with Crippen LogP contribution in [0.3, 0.4) is 0 Å². The van der Waals surface area contributed by atoms with Gasteiger partial charge in [0.1, 0.15) is 0 Å². The van der Waals surface area contributed by atoms with Crippen molar-refractivity contribution in [2.45, 2.75) is 13.0 Å².